The van der Waals surface area contributed by atoms with Crippen LogP contribution in [0.5, 0.6) is 5.75 Å². The van der Waals surface area contributed by atoms with Crippen LogP contribution >= 0.6 is 34.2 Å². The fraction of sp³-hybridized carbons (Fsp3) is 0. The van der Waals surface area contributed by atoms with E-state index in [0.29, 0.717) is 11.3 Å². The molecule has 0 aliphatic rings. The molecule has 2 rings (SSSR count). The van der Waals surface area contributed by atoms with E-state index in [1.165, 1.54) is 12.1 Å². The number of rotatable bonds is 2. The molecule has 0 fully saturated rings. The number of carbonyl (C=O) groups excluding carboxylic acids is 1. The average Bonchev–Trinajstić information content (AvgIpc) is 2.34. The standard InChI is InChI=1S/C13H9ClINO2/c14-11-7-10(5-6-12(11)17)16-13(18)8-1-3-9(15)4-2-8/h1-7,17H,(H,16,18). The minimum atomic E-state index is -0.215. The first-order chi connectivity index (χ1) is 8.56. The van der Waals surface area contributed by atoms with E-state index in [0.717, 1.165) is 3.57 Å². The molecule has 0 heterocycles. The molecule has 5 heteroatoms. The first-order valence-corrected chi connectivity index (χ1v) is 6.57. The van der Waals surface area contributed by atoms with Gasteiger partial charge in [0.15, 0.2) is 0 Å². The van der Waals surface area contributed by atoms with Crippen LogP contribution in [0.2, 0.25) is 5.02 Å². The van der Waals surface area contributed by atoms with E-state index in [1.54, 1.807) is 18.2 Å². The molecule has 0 saturated carbocycles. The number of halogens is 2. The van der Waals surface area contributed by atoms with Crippen molar-refractivity contribution in [2.24, 2.45) is 0 Å². The third-order valence-electron chi connectivity index (χ3n) is 2.31. The molecule has 0 bridgehead atoms. The maximum Gasteiger partial charge on any atom is 0.255 e. The van der Waals surface area contributed by atoms with Gasteiger partial charge >= 0.3 is 0 Å². The number of hydrogen-bond acceptors (Lipinski definition) is 2. The van der Waals surface area contributed by atoms with E-state index < -0.39 is 0 Å². The van der Waals surface area contributed by atoms with Gasteiger partial charge in [-0.2, -0.15) is 0 Å². The van der Waals surface area contributed by atoms with Crippen LogP contribution in [-0.4, -0.2) is 11.0 Å². The lowest BCUT2D eigenvalue weighted by Gasteiger charge is -2.06. The van der Waals surface area contributed by atoms with E-state index >= 15 is 0 Å². The summed E-state index contributed by atoms with van der Waals surface area (Å²) < 4.78 is 1.07. The lowest BCUT2D eigenvalue weighted by Crippen LogP contribution is -2.11. The molecule has 2 aromatic carbocycles. The predicted molar refractivity (Wildman–Crippen MR) is 80.2 cm³/mol. The minimum Gasteiger partial charge on any atom is -0.506 e. The molecule has 0 unspecified atom stereocenters. The first kappa shape index (κ1) is 13.2. The van der Waals surface area contributed by atoms with Crippen molar-refractivity contribution in [2.45, 2.75) is 0 Å². The minimum absolute atomic E-state index is 0.0102. The van der Waals surface area contributed by atoms with Crippen molar-refractivity contribution < 1.29 is 9.90 Å². The topological polar surface area (TPSA) is 49.3 Å². The summed E-state index contributed by atoms with van der Waals surface area (Å²) >= 11 is 7.94. The summed E-state index contributed by atoms with van der Waals surface area (Å²) in [7, 11) is 0. The van der Waals surface area contributed by atoms with Gasteiger partial charge in [-0.05, 0) is 65.1 Å². The molecule has 2 N–H and O–H groups in total. The molecule has 0 spiro atoms. The molecule has 3 nitrogen and oxygen atoms in total. The van der Waals surface area contributed by atoms with Crippen LogP contribution in [0, 0.1) is 3.57 Å². The van der Waals surface area contributed by atoms with Gasteiger partial charge in [-0.1, -0.05) is 11.6 Å². The van der Waals surface area contributed by atoms with Crippen molar-refractivity contribution in [3.8, 4) is 5.75 Å². The molecule has 18 heavy (non-hydrogen) atoms. The molecule has 92 valence electrons. The zero-order valence-electron chi connectivity index (χ0n) is 9.15. The average molecular weight is 374 g/mol. The molecule has 1 amide bonds. The summed E-state index contributed by atoms with van der Waals surface area (Å²) in [5, 5.41) is 12.2. The maximum atomic E-state index is 11.9. The molecule has 0 atom stereocenters. The summed E-state index contributed by atoms with van der Waals surface area (Å²) in [6.07, 6.45) is 0. The van der Waals surface area contributed by atoms with Crippen LogP contribution in [-0.2, 0) is 0 Å². The smallest absolute Gasteiger partial charge is 0.255 e. The van der Waals surface area contributed by atoms with E-state index in [-0.39, 0.29) is 16.7 Å². The molecule has 0 aliphatic heterocycles. The van der Waals surface area contributed by atoms with Gasteiger partial charge in [0, 0.05) is 14.8 Å². The third-order valence-corrected chi connectivity index (χ3v) is 3.33. The van der Waals surface area contributed by atoms with E-state index in [2.05, 4.69) is 27.9 Å². The highest BCUT2D eigenvalue weighted by Crippen LogP contribution is 2.26. The highest BCUT2D eigenvalue weighted by atomic mass is 127. The van der Waals surface area contributed by atoms with Gasteiger partial charge in [0.2, 0.25) is 0 Å². The first-order valence-electron chi connectivity index (χ1n) is 5.12. The van der Waals surface area contributed by atoms with Gasteiger partial charge in [0.1, 0.15) is 5.75 Å². The van der Waals surface area contributed by atoms with Gasteiger partial charge in [0.05, 0.1) is 5.02 Å². The Morgan fingerprint density at radius 3 is 2.44 bits per heavy atom. The molecule has 0 radical (unpaired) electrons. The van der Waals surface area contributed by atoms with Crippen molar-refractivity contribution in [1.29, 1.82) is 0 Å². The van der Waals surface area contributed by atoms with Crippen molar-refractivity contribution in [3.05, 3.63) is 56.6 Å². The van der Waals surface area contributed by atoms with Crippen molar-refractivity contribution in [2.75, 3.05) is 5.32 Å². The fourth-order valence-corrected chi connectivity index (χ4v) is 1.93. The van der Waals surface area contributed by atoms with Gasteiger partial charge < -0.3 is 10.4 Å². The summed E-state index contributed by atoms with van der Waals surface area (Å²) in [6.45, 7) is 0. The summed E-state index contributed by atoms with van der Waals surface area (Å²) in [5.74, 6) is -0.225. The van der Waals surface area contributed by atoms with Crippen molar-refractivity contribution >= 4 is 45.8 Å². The largest absolute Gasteiger partial charge is 0.506 e. The Morgan fingerprint density at radius 2 is 1.83 bits per heavy atom. The SMILES string of the molecule is O=C(Nc1ccc(O)c(Cl)c1)c1ccc(I)cc1. The predicted octanol–water partition coefficient (Wildman–Crippen LogP) is 3.90. The van der Waals surface area contributed by atoms with E-state index in [9.17, 15) is 9.90 Å². The van der Waals surface area contributed by atoms with E-state index in [1.807, 2.05) is 12.1 Å². The Morgan fingerprint density at radius 1 is 1.17 bits per heavy atom. The number of amides is 1. The Hall–Kier alpha value is -1.27. The van der Waals surface area contributed by atoms with Gasteiger partial charge in [-0.25, -0.2) is 0 Å². The number of carbonyl (C=O) groups is 1. The number of aromatic hydroxyl groups is 1. The van der Waals surface area contributed by atoms with Crippen LogP contribution in [0.3, 0.4) is 0 Å². The Kier molecular flexibility index (Phi) is 4.08. The Bertz CT molecular complexity index is 584. The Labute approximate surface area is 123 Å². The highest BCUT2D eigenvalue weighted by molar-refractivity contribution is 14.1. The zero-order valence-corrected chi connectivity index (χ0v) is 12.1. The third kappa shape index (κ3) is 3.14. The van der Waals surface area contributed by atoms with Gasteiger partial charge in [0.25, 0.3) is 5.91 Å². The van der Waals surface area contributed by atoms with Crippen LogP contribution < -0.4 is 5.32 Å². The number of hydrogen-bond donors (Lipinski definition) is 2. The van der Waals surface area contributed by atoms with Gasteiger partial charge in [-0.15, -0.1) is 0 Å². The van der Waals surface area contributed by atoms with Crippen LogP contribution in [0.4, 0.5) is 5.69 Å². The van der Waals surface area contributed by atoms with Crippen LogP contribution in [0.25, 0.3) is 0 Å². The molecule has 0 aliphatic carbocycles. The maximum absolute atomic E-state index is 11.9. The van der Waals surface area contributed by atoms with Crippen molar-refractivity contribution in [3.63, 3.8) is 0 Å². The van der Waals surface area contributed by atoms with Gasteiger partial charge in [-0.3, -0.25) is 4.79 Å². The van der Waals surface area contributed by atoms with E-state index in [4.69, 9.17) is 11.6 Å². The zero-order chi connectivity index (χ0) is 13.1. The molecular weight excluding hydrogens is 365 g/mol. The lowest BCUT2D eigenvalue weighted by atomic mass is 10.2. The van der Waals surface area contributed by atoms with Crippen LogP contribution in [0.1, 0.15) is 10.4 Å². The fourth-order valence-electron chi connectivity index (χ4n) is 1.39. The number of anilines is 1. The van der Waals surface area contributed by atoms with Crippen LogP contribution in [0.15, 0.2) is 42.5 Å². The highest BCUT2D eigenvalue weighted by Gasteiger charge is 2.07. The summed E-state index contributed by atoms with van der Waals surface area (Å²) in [6, 6.07) is 11.7. The molecule has 0 aromatic heterocycles. The number of phenols is 1. The number of phenolic OH excluding ortho intramolecular Hbond substituents is 1. The second-order valence-corrected chi connectivity index (χ2v) is 5.28. The van der Waals surface area contributed by atoms with Crippen molar-refractivity contribution in [1.82, 2.24) is 0 Å². The molecule has 2 aromatic rings. The molecule has 0 saturated heterocycles. The number of nitrogens with one attached hydrogen (secondary N) is 1. The summed E-state index contributed by atoms with van der Waals surface area (Å²) in [5.41, 5.74) is 1.11. The second kappa shape index (κ2) is 5.58. The number of benzene rings is 2. The normalized spacial score (nSPS) is 10.1. The lowest BCUT2D eigenvalue weighted by molar-refractivity contribution is 0.102. The Balaban J connectivity index is 2.16. The quantitative estimate of drug-likeness (QED) is 0.619. The monoisotopic (exact) mass is 373 g/mol. The summed E-state index contributed by atoms with van der Waals surface area (Å²) in [4.78, 5) is 11.9. The second-order valence-electron chi connectivity index (χ2n) is 3.63. The molecular formula is C13H9ClINO2.